The lowest BCUT2D eigenvalue weighted by Gasteiger charge is -2.31. The molecule has 1 aromatic rings. The summed E-state index contributed by atoms with van der Waals surface area (Å²) < 4.78 is 0. The zero-order valence-electron chi connectivity index (χ0n) is 13.1. The number of aromatic hydroxyl groups is 1. The van der Waals surface area contributed by atoms with Crippen molar-refractivity contribution in [1.29, 1.82) is 0 Å². The molecule has 108 valence electrons. The molecule has 0 heterocycles. The number of benzene rings is 1. The van der Waals surface area contributed by atoms with Gasteiger partial charge in [0.25, 0.3) is 0 Å². The first kappa shape index (κ1) is 16.0. The van der Waals surface area contributed by atoms with E-state index in [0.29, 0.717) is 5.75 Å². The second-order valence-electron chi connectivity index (χ2n) is 5.51. The molecule has 0 aliphatic rings. The van der Waals surface area contributed by atoms with Gasteiger partial charge < -0.3 is 5.11 Å². The van der Waals surface area contributed by atoms with Gasteiger partial charge in [-0.1, -0.05) is 51.3 Å². The molecule has 0 bridgehead atoms. The van der Waals surface area contributed by atoms with Gasteiger partial charge in [0.05, 0.1) is 0 Å². The van der Waals surface area contributed by atoms with Crippen molar-refractivity contribution in [3.63, 3.8) is 0 Å². The van der Waals surface area contributed by atoms with E-state index in [1.165, 1.54) is 18.4 Å². The fourth-order valence-corrected chi connectivity index (χ4v) is 2.64. The Morgan fingerprint density at radius 1 is 1.16 bits per heavy atom. The van der Waals surface area contributed by atoms with Crippen LogP contribution < -0.4 is 0 Å². The van der Waals surface area contributed by atoms with Gasteiger partial charge in [0.15, 0.2) is 0 Å². The molecule has 0 saturated heterocycles. The van der Waals surface area contributed by atoms with Crippen molar-refractivity contribution in [1.82, 2.24) is 4.90 Å². The monoisotopic (exact) mass is 263 g/mol. The summed E-state index contributed by atoms with van der Waals surface area (Å²) >= 11 is 0. The average Bonchev–Trinajstić information content (AvgIpc) is 2.42. The molecule has 1 N–H and O–H groups in total. The number of phenols is 1. The molecule has 1 atom stereocenters. The van der Waals surface area contributed by atoms with Gasteiger partial charge in [-0.2, -0.15) is 0 Å². The Kier molecular flexibility index (Phi) is 6.36. The molecule has 19 heavy (non-hydrogen) atoms. The summed E-state index contributed by atoms with van der Waals surface area (Å²) in [5, 5.41) is 10.1. The van der Waals surface area contributed by atoms with E-state index in [-0.39, 0.29) is 6.04 Å². The topological polar surface area (TPSA) is 23.5 Å². The van der Waals surface area contributed by atoms with Gasteiger partial charge in [0.2, 0.25) is 0 Å². The van der Waals surface area contributed by atoms with E-state index in [1.807, 2.05) is 12.1 Å². The highest BCUT2D eigenvalue weighted by Gasteiger charge is 2.19. The van der Waals surface area contributed by atoms with E-state index in [0.717, 1.165) is 24.6 Å². The van der Waals surface area contributed by atoms with Gasteiger partial charge in [0, 0.05) is 18.2 Å². The number of aryl methyl sites for hydroxylation is 1. The number of hydrogen-bond acceptors (Lipinski definition) is 2. The Morgan fingerprint density at radius 3 is 2.32 bits per heavy atom. The molecule has 1 unspecified atom stereocenters. The van der Waals surface area contributed by atoms with Crippen LogP contribution in [0.15, 0.2) is 18.2 Å². The molecule has 0 radical (unpaired) electrons. The van der Waals surface area contributed by atoms with Crippen LogP contribution in [0.25, 0.3) is 0 Å². The Balaban J connectivity index is 2.88. The maximum Gasteiger partial charge on any atom is 0.120 e. The van der Waals surface area contributed by atoms with Crippen molar-refractivity contribution in [2.45, 2.75) is 53.5 Å². The van der Waals surface area contributed by atoms with E-state index in [9.17, 15) is 5.11 Å². The van der Waals surface area contributed by atoms with Gasteiger partial charge in [-0.25, -0.2) is 0 Å². The minimum absolute atomic E-state index is 0.269. The molecule has 0 amide bonds. The van der Waals surface area contributed by atoms with Crippen LogP contribution >= 0.6 is 0 Å². The second kappa shape index (κ2) is 7.54. The summed E-state index contributed by atoms with van der Waals surface area (Å²) in [6.45, 7) is 13.1. The summed E-state index contributed by atoms with van der Waals surface area (Å²) in [6.07, 6.45) is 2.44. The van der Waals surface area contributed by atoms with Crippen molar-refractivity contribution < 1.29 is 5.11 Å². The lowest BCUT2D eigenvalue weighted by Crippen LogP contribution is -2.31. The van der Waals surface area contributed by atoms with Crippen molar-refractivity contribution >= 4 is 0 Å². The predicted octanol–water partition coefficient (Wildman–Crippen LogP) is 4.52. The lowest BCUT2D eigenvalue weighted by atomic mass is 9.99. The predicted molar refractivity (Wildman–Crippen MR) is 82.6 cm³/mol. The van der Waals surface area contributed by atoms with E-state index < -0.39 is 0 Å². The SMILES string of the molecule is CCC(CC)CN(CC)C(C)c1cc(C)ccc1O. The molecule has 0 saturated carbocycles. The van der Waals surface area contributed by atoms with Crippen LogP contribution in [0, 0.1) is 12.8 Å². The van der Waals surface area contributed by atoms with Gasteiger partial charge in [-0.05, 0) is 32.4 Å². The van der Waals surface area contributed by atoms with E-state index >= 15 is 0 Å². The minimum Gasteiger partial charge on any atom is -0.508 e. The quantitative estimate of drug-likeness (QED) is 0.782. The summed E-state index contributed by atoms with van der Waals surface area (Å²) in [4.78, 5) is 2.46. The zero-order chi connectivity index (χ0) is 14.4. The highest BCUT2D eigenvalue weighted by atomic mass is 16.3. The van der Waals surface area contributed by atoms with E-state index in [1.54, 1.807) is 0 Å². The molecule has 0 spiro atoms. The van der Waals surface area contributed by atoms with Crippen molar-refractivity contribution in [3.8, 4) is 5.75 Å². The molecule has 1 rings (SSSR count). The molecule has 1 aromatic carbocycles. The highest BCUT2D eigenvalue weighted by Crippen LogP contribution is 2.30. The highest BCUT2D eigenvalue weighted by molar-refractivity contribution is 5.37. The molecule has 2 nitrogen and oxygen atoms in total. The third-order valence-electron chi connectivity index (χ3n) is 4.23. The fourth-order valence-electron chi connectivity index (χ4n) is 2.64. The summed E-state index contributed by atoms with van der Waals surface area (Å²) in [7, 11) is 0. The fraction of sp³-hybridized carbons (Fsp3) is 0.647. The lowest BCUT2D eigenvalue weighted by molar-refractivity contribution is 0.179. The van der Waals surface area contributed by atoms with Gasteiger partial charge >= 0.3 is 0 Å². The first-order valence-corrected chi connectivity index (χ1v) is 7.56. The molecular formula is C17H29NO. The third kappa shape index (κ3) is 4.24. The number of nitrogens with zero attached hydrogens (tertiary/aromatic N) is 1. The smallest absolute Gasteiger partial charge is 0.120 e. The molecule has 0 aliphatic heterocycles. The van der Waals surface area contributed by atoms with Gasteiger partial charge in [-0.15, -0.1) is 0 Å². The Morgan fingerprint density at radius 2 is 1.79 bits per heavy atom. The molecular weight excluding hydrogens is 234 g/mol. The maximum absolute atomic E-state index is 10.1. The first-order chi connectivity index (χ1) is 9.03. The van der Waals surface area contributed by atoms with Crippen LogP contribution in [-0.2, 0) is 0 Å². The van der Waals surface area contributed by atoms with Gasteiger partial charge in [0.1, 0.15) is 5.75 Å². The summed E-state index contributed by atoms with van der Waals surface area (Å²) in [5.74, 6) is 1.16. The van der Waals surface area contributed by atoms with Crippen molar-refractivity contribution in [2.75, 3.05) is 13.1 Å². The summed E-state index contributed by atoms with van der Waals surface area (Å²) in [6, 6.07) is 6.15. The molecule has 0 aliphatic carbocycles. The summed E-state index contributed by atoms with van der Waals surface area (Å²) in [5.41, 5.74) is 2.26. The molecule has 0 fully saturated rings. The number of phenolic OH excluding ortho intramolecular Hbond substituents is 1. The molecule has 2 heteroatoms. The first-order valence-electron chi connectivity index (χ1n) is 7.56. The second-order valence-corrected chi connectivity index (χ2v) is 5.51. The van der Waals surface area contributed by atoms with Crippen LogP contribution in [0.2, 0.25) is 0 Å². The zero-order valence-corrected chi connectivity index (χ0v) is 13.1. The number of rotatable bonds is 7. The van der Waals surface area contributed by atoms with Crippen LogP contribution in [0.3, 0.4) is 0 Å². The Labute approximate surface area is 118 Å². The maximum atomic E-state index is 10.1. The largest absolute Gasteiger partial charge is 0.508 e. The normalized spacial score (nSPS) is 13.2. The Hall–Kier alpha value is -1.02. The van der Waals surface area contributed by atoms with Crippen LogP contribution in [0.5, 0.6) is 5.75 Å². The van der Waals surface area contributed by atoms with Crippen LogP contribution in [-0.4, -0.2) is 23.1 Å². The van der Waals surface area contributed by atoms with Crippen molar-refractivity contribution in [2.24, 2.45) is 5.92 Å². The third-order valence-corrected chi connectivity index (χ3v) is 4.23. The van der Waals surface area contributed by atoms with Crippen LogP contribution in [0.4, 0.5) is 0 Å². The van der Waals surface area contributed by atoms with Gasteiger partial charge in [-0.3, -0.25) is 4.90 Å². The van der Waals surface area contributed by atoms with Crippen LogP contribution in [0.1, 0.15) is 57.7 Å². The van der Waals surface area contributed by atoms with Crippen molar-refractivity contribution in [3.05, 3.63) is 29.3 Å². The molecule has 0 aromatic heterocycles. The Bertz CT molecular complexity index is 385. The number of hydrogen-bond donors (Lipinski definition) is 1. The minimum atomic E-state index is 0.269. The van der Waals surface area contributed by atoms with E-state index in [2.05, 4.69) is 45.6 Å². The standard InChI is InChI=1S/C17H29NO/c1-6-15(7-2)12-18(8-3)14(5)16-11-13(4)9-10-17(16)19/h9-11,14-15,19H,6-8,12H2,1-5H3. The average molecular weight is 263 g/mol. The van der Waals surface area contributed by atoms with E-state index in [4.69, 9.17) is 0 Å².